The van der Waals surface area contributed by atoms with Crippen LogP contribution < -0.4 is 5.32 Å². The predicted octanol–water partition coefficient (Wildman–Crippen LogP) is 3.70. The first-order valence-corrected chi connectivity index (χ1v) is 7.93. The van der Waals surface area contributed by atoms with Gasteiger partial charge in [-0.1, -0.05) is 37.3 Å². The lowest BCUT2D eigenvalue weighted by Gasteiger charge is -2.14. The molecule has 4 nitrogen and oxygen atoms in total. The molecule has 0 aliphatic carbocycles. The van der Waals surface area contributed by atoms with Crippen molar-refractivity contribution in [2.24, 2.45) is 0 Å². The third-order valence-electron chi connectivity index (χ3n) is 4.20. The second-order valence-electron chi connectivity index (χ2n) is 5.75. The van der Waals surface area contributed by atoms with Crippen LogP contribution in [0.1, 0.15) is 47.2 Å². The van der Waals surface area contributed by atoms with Crippen molar-refractivity contribution in [3.8, 4) is 0 Å². The number of carbonyl (C=O) groups is 1. The number of hydrogen-bond donors (Lipinski definition) is 1. The van der Waals surface area contributed by atoms with Crippen molar-refractivity contribution in [1.29, 1.82) is 0 Å². The first-order chi connectivity index (χ1) is 11.1. The van der Waals surface area contributed by atoms with Gasteiger partial charge in [0.2, 0.25) is 0 Å². The van der Waals surface area contributed by atoms with Gasteiger partial charge in [0.1, 0.15) is 5.65 Å². The van der Waals surface area contributed by atoms with Gasteiger partial charge in [-0.2, -0.15) is 0 Å². The molecule has 2 heterocycles. The van der Waals surface area contributed by atoms with Crippen molar-refractivity contribution in [3.63, 3.8) is 0 Å². The monoisotopic (exact) mass is 307 g/mol. The fraction of sp³-hybridized carbons (Fsp3) is 0.263. The lowest BCUT2D eigenvalue weighted by molar-refractivity contribution is 0.0939. The number of nitrogens with zero attached hydrogens (tertiary/aromatic N) is 2. The van der Waals surface area contributed by atoms with Crippen molar-refractivity contribution >= 4 is 11.6 Å². The van der Waals surface area contributed by atoms with E-state index < -0.39 is 0 Å². The van der Waals surface area contributed by atoms with E-state index in [4.69, 9.17) is 0 Å². The molecule has 3 aromatic rings. The molecule has 2 aromatic heterocycles. The molecule has 0 aliphatic rings. The second-order valence-corrected chi connectivity index (χ2v) is 5.75. The normalized spacial score (nSPS) is 12.3. The first-order valence-electron chi connectivity index (χ1n) is 7.93. The van der Waals surface area contributed by atoms with Crippen LogP contribution in [-0.2, 0) is 6.42 Å². The van der Waals surface area contributed by atoms with Crippen LogP contribution >= 0.6 is 0 Å². The summed E-state index contributed by atoms with van der Waals surface area (Å²) >= 11 is 0. The number of rotatable bonds is 4. The van der Waals surface area contributed by atoms with Crippen LogP contribution in [0.25, 0.3) is 5.65 Å². The van der Waals surface area contributed by atoms with Crippen molar-refractivity contribution in [2.75, 3.05) is 0 Å². The Morgan fingerprint density at radius 3 is 2.65 bits per heavy atom. The number of imidazole rings is 1. The van der Waals surface area contributed by atoms with E-state index >= 15 is 0 Å². The maximum atomic E-state index is 12.5. The van der Waals surface area contributed by atoms with E-state index in [1.165, 1.54) is 0 Å². The zero-order chi connectivity index (χ0) is 16.4. The van der Waals surface area contributed by atoms with E-state index in [1.54, 1.807) is 0 Å². The van der Waals surface area contributed by atoms with Gasteiger partial charge < -0.3 is 9.72 Å². The Hall–Kier alpha value is -2.62. The van der Waals surface area contributed by atoms with Gasteiger partial charge in [0.05, 0.1) is 17.3 Å². The van der Waals surface area contributed by atoms with Gasteiger partial charge >= 0.3 is 0 Å². The summed E-state index contributed by atoms with van der Waals surface area (Å²) in [6, 6.07) is 13.6. The van der Waals surface area contributed by atoms with Crippen LogP contribution in [0.3, 0.4) is 0 Å². The van der Waals surface area contributed by atoms with Gasteiger partial charge in [-0.15, -0.1) is 0 Å². The number of aromatic nitrogens is 2. The molecule has 0 spiro atoms. The molecule has 0 bridgehead atoms. The highest BCUT2D eigenvalue weighted by molar-refractivity contribution is 5.94. The average molecular weight is 307 g/mol. The summed E-state index contributed by atoms with van der Waals surface area (Å²) < 4.78 is 1.99. The molecule has 0 aliphatic heterocycles. The summed E-state index contributed by atoms with van der Waals surface area (Å²) in [5.74, 6) is -0.0746. The minimum absolute atomic E-state index is 0.0329. The summed E-state index contributed by atoms with van der Waals surface area (Å²) in [4.78, 5) is 17.1. The summed E-state index contributed by atoms with van der Waals surface area (Å²) in [5.41, 5.74) is 4.78. The highest BCUT2D eigenvalue weighted by Crippen LogP contribution is 2.16. The number of aryl methyl sites for hydroxylation is 2. The molecule has 1 amide bonds. The zero-order valence-electron chi connectivity index (χ0n) is 13.7. The Labute approximate surface area is 136 Å². The summed E-state index contributed by atoms with van der Waals surface area (Å²) in [5, 5.41) is 3.04. The van der Waals surface area contributed by atoms with Gasteiger partial charge in [-0.25, -0.2) is 4.98 Å². The Kier molecular flexibility index (Phi) is 4.15. The molecule has 0 fully saturated rings. The Morgan fingerprint density at radius 2 is 1.96 bits per heavy atom. The molecule has 1 unspecified atom stereocenters. The smallest absolute Gasteiger partial charge is 0.253 e. The topological polar surface area (TPSA) is 46.4 Å². The third kappa shape index (κ3) is 2.97. The molecule has 0 saturated carbocycles. The van der Waals surface area contributed by atoms with E-state index in [9.17, 15) is 4.79 Å². The maximum Gasteiger partial charge on any atom is 0.253 e. The minimum Gasteiger partial charge on any atom is -0.345 e. The van der Waals surface area contributed by atoms with Crippen molar-refractivity contribution in [2.45, 2.75) is 33.2 Å². The number of hydrogen-bond acceptors (Lipinski definition) is 2. The van der Waals surface area contributed by atoms with Crippen LogP contribution in [0.2, 0.25) is 0 Å². The van der Waals surface area contributed by atoms with Gasteiger partial charge in [0.15, 0.2) is 0 Å². The largest absolute Gasteiger partial charge is 0.345 e. The van der Waals surface area contributed by atoms with Gasteiger partial charge in [-0.05, 0) is 38.0 Å². The molecule has 0 saturated heterocycles. The SMILES string of the molecule is CCc1nc2ccc(C(=O)NC(C)c3ccccc3)cn2c1C. The molecular formula is C19H21N3O. The number of benzene rings is 1. The van der Waals surface area contributed by atoms with Gasteiger partial charge in [0, 0.05) is 11.9 Å². The number of amides is 1. The van der Waals surface area contributed by atoms with Crippen LogP contribution in [0.5, 0.6) is 0 Å². The van der Waals surface area contributed by atoms with Crippen LogP contribution in [0.15, 0.2) is 48.7 Å². The van der Waals surface area contributed by atoms with Crippen molar-refractivity contribution < 1.29 is 4.79 Å². The Morgan fingerprint density at radius 1 is 1.22 bits per heavy atom. The minimum atomic E-state index is -0.0746. The molecule has 23 heavy (non-hydrogen) atoms. The molecular weight excluding hydrogens is 286 g/mol. The van der Waals surface area contributed by atoms with Crippen LogP contribution in [-0.4, -0.2) is 15.3 Å². The maximum absolute atomic E-state index is 12.5. The molecule has 1 atom stereocenters. The highest BCUT2D eigenvalue weighted by atomic mass is 16.1. The third-order valence-corrected chi connectivity index (χ3v) is 4.20. The number of pyridine rings is 1. The quantitative estimate of drug-likeness (QED) is 0.799. The molecule has 0 radical (unpaired) electrons. The van der Waals surface area contributed by atoms with Gasteiger partial charge in [0.25, 0.3) is 5.91 Å². The van der Waals surface area contributed by atoms with E-state index in [2.05, 4.69) is 17.2 Å². The molecule has 1 N–H and O–H groups in total. The lowest BCUT2D eigenvalue weighted by Crippen LogP contribution is -2.26. The Balaban J connectivity index is 1.85. The highest BCUT2D eigenvalue weighted by Gasteiger charge is 2.13. The predicted molar refractivity (Wildman–Crippen MR) is 91.6 cm³/mol. The molecule has 118 valence electrons. The van der Waals surface area contributed by atoms with E-state index in [-0.39, 0.29) is 11.9 Å². The number of nitrogens with one attached hydrogen (secondary N) is 1. The number of carbonyl (C=O) groups excluding carboxylic acids is 1. The molecule has 3 rings (SSSR count). The van der Waals surface area contributed by atoms with E-state index in [0.717, 1.165) is 29.0 Å². The van der Waals surface area contributed by atoms with E-state index in [1.807, 2.05) is 66.9 Å². The first kappa shape index (κ1) is 15.3. The van der Waals surface area contributed by atoms with Crippen LogP contribution in [0, 0.1) is 6.92 Å². The van der Waals surface area contributed by atoms with Crippen molar-refractivity contribution in [3.05, 3.63) is 71.2 Å². The van der Waals surface area contributed by atoms with Gasteiger partial charge in [-0.3, -0.25) is 4.79 Å². The zero-order valence-corrected chi connectivity index (χ0v) is 13.7. The van der Waals surface area contributed by atoms with E-state index in [0.29, 0.717) is 5.56 Å². The fourth-order valence-corrected chi connectivity index (χ4v) is 2.79. The number of fused-ring (bicyclic) bond motifs is 1. The summed E-state index contributed by atoms with van der Waals surface area (Å²) in [7, 11) is 0. The summed E-state index contributed by atoms with van der Waals surface area (Å²) in [6.07, 6.45) is 2.75. The second kappa shape index (κ2) is 6.24. The van der Waals surface area contributed by atoms with Crippen LogP contribution in [0.4, 0.5) is 0 Å². The summed E-state index contributed by atoms with van der Waals surface area (Å²) in [6.45, 7) is 6.11. The standard InChI is InChI=1S/C19H21N3O/c1-4-17-14(3)22-12-16(10-11-18(22)21-17)19(23)20-13(2)15-8-6-5-7-9-15/h5-13H,4H2,1-3H3,(H,20,23). The molecule has 1 aromatic carbocycles. The Bertz CT molecular complexity index is 836. The van der Waals surface area contributed by atoms with Crippen molar-refractivity contribution in [1.82, 2.24) is 14.7 Å². The average Bonchev–Trinajstić information content (AvgIpc) is 2.91. The lowest BCUT2D eigenvalue weighted by atomic mass is 10.1. The molecule has 4 heteroatoms. The fourth-order valence-electron chi connectivity index (χ4n) is 2.79.